The van der Waals surface area contributed by atoms with Gasteiger partial charge in [0.15, 0.2) is 0 Å². The molecule has 4 heteroatoms. The van der Waals surface area contributed by atoms with Gasteiger partial charge in [-0.3, -0.25) is 0 Å². The molecule has 0 rings (SSSR count). The maximum absolute atomic E-state index is 7.90. The van der Waals surface area contributed by atoms with Crippen LogP contribution >= 0.6 is 0 Å². The molecule has 0 aromatic rings. The Labute approximate surface area is 40.7 Å². The molecule has 4 nitrogen and oxygen atoms in total. The molecule has 0 heterocycles. The van der Waals surface area contributed by atoms with E-state index < -0.39 is 0 Å². The third-order valence-corrected chi connectivity index (χ3v) is 0.290. The second-order valence-corrected chi connectivity index (χ2v) is 0.696. The Balaban J connectivity index is 3.27. The molecule has 1 radical (unpaired) electrons. The van der Waals surface area contributed by atoms with Gasteiger partial charge in [0, 0.05) is 4.91 Å². The predicted octanol–water partition coefficient (Wildman–Crippen LogP) is 1.34. The number of hydrogen-bond acceptors (Lipinski definition) is 2. The third kappa shape index (κ3) is 5.01. The van der Waals surface area contributed by atoms with Crippen LogP contribution in [0.1, 0.15) is 0 Å². The number of aliphatic hydroxyl groups is 1. The van der Waals surface area contributed by atoms with E-state index in [0.29, 0.717) is 0 Å². The van der Waals surface area contributed by atoms with E-state index in [0.717, 1.165) is 12.8 Å². The Morgan fingerprint density at radius 2 is 2.43 bits per heavy atom. The van der Waals surface area contributed by atoms with Crippen molar-refractivity contribution in [2.45, 2.75) is 0 Å². The molecular formula is C3H4N3O. The minimum absolute atomic E-state index is 0.786. The van der Waals surface area contributed by atoms with Crippen LogP contribution in [0, 0.1) is 6.61 Å². The van der Waals surface area contributed by atoms with Crippen LogP contribution in [0.3, 0.4) is 0 Å². The van der Waals surface area contributed by atoms with E-state index in [1.807, 2.05) is 0 Å². The van der Waals surface area contributed by atoms with Crippen LogP contribution in [0.4, 0.5) is 0 Å². The lowest BCUT2D eigenvalue weighted by Gasteiger charge is -1.66. The SMILES string of the molecule is [N-]=[N+]=NC=C[CH]O. The van der Waals surface area contributed by atoms with Crippen molar-refractivity contribution in [3.63, 3.8) is 0 Å². The second-order valence-electron chi connectivity index (χ2n) is 0.696. The highest BCUT2D eigenvalue weighted by molar-refractivity contribution is 4.85. The number of nitrogens with zero attached hydrogens (tertiary/aromatic N) is 3. The molecule has 0 saturated heterocycles. The molecule has 0 aliphatic rings. The average molecular weight is 98.1 g/mol. The summed E-state index contributed by atoms with van der Waals surface area (Å²) in [5.41, 5.74) is 7.60. The molecule has 0 atom stereocenters. The molecule has 0 amide bonds. The predicted molar refractivity (Wildman–Crippen MR) is 24.5 cm³/mol. The summed E-state index contributed by atoms with van der Waals surface area (Å²) >= 11 is 0. The molecule has 0 fully saturated rings. The lowest BCUT2D eigenvalue weighted by Crippen LogP contribution is -1.55. The van der Waals surface area contributed by atoms with Crippen LogP contribution < -0.4 is 0 Å². The molecule has 0 bridgehead atoms. The fourth-order valence-corrected chi connectivity index (χ4v) is 0.107. The molecule has 7 heavy (non-hydrogen) atoms. The fraction of sp³-hybridized carbons (Fsp3) is 0. The Morgan fingerprint density at radius 1 is 1.71 bits per heavy atom. The monoisotopic (exact) mass is 98.0 g/mol. The zero-order valence-corrected chi connectivity index (χ0v) is 3.52. The summed E-state index contributed by atoms with van der Waals surface area (Å²) in [5, 5.41) is 10.9. The summed E-state index contributed by atoms with van der Waals surface area (Å²) in [4.78, 5) is 2.38. The first kappa shape index (κ1) is 6.01. The van der Waals surface area contributed by atoms with Crippen LogP contribution in [0.15, 0.2) is 17.4 Å². The Morgan fingerprint density at radius 3 is 2.86 bits per heavy atom. The van der Waals surface area contributed by atoms with Gasteiger partial charge in [-0.1, -0.05) is 11.2 Å². The van der Waals surface area contributed by atoms with Crippen LogP contribution in [0.25, 0.3) is 10.4 Å². The summed E-state index contributed by atoms with van der Waals surface area (Å²) in [6, 6.07) is 0. The minimum atomic E-state index is 0.786. The van der Waals surface area contributed by atoms with E-state index in [2.05, 4.69) is 10.0 Å². The highest BCUT2D eigenvalue weighted by Gasteiger charge is 1.59. The summed E-state index contributed by atoms with van der Waals surface area (Å²) in [7, 11) is 0. The van der Waals surface area contributed by atoms with Gasteiger partial charge in [-0.25, -0.2) is 0 Å². The Bertz CT molecular complexity index is 103. The first-order valence-corrected chi connectivity index (χ1v) is 1.58. The van der Waals surface area contributed by atoms with Crippen molar-refractivity contribution in [3.8, 4) is 0 Å². The topological polar surface area (TPSA) is 69.0 Å². The van der Waals surface area contributed by atoms with Gasteiger partial charge < -0.3 is 5.11 Å². The van der Waals surface area contributed by atoms with Crippen molar-refractivity contribution in [2.24, 2.45) is 5.11 Å². The first-order valence-electron chi connectivity index (χ1n) is 1.58. The maximum Gasteiger partial charge on any atom is 0.102 e. The molecule has 0 aromatic heterocycles. The van der Waals surface area contributed by atoms with Crippen molar-refractivity contribution >= 4 is 0 Å². The van der Waals surface area contributed by atoms with Crippen molar-refractivity contribution in [2.75, 3.05) is 0 Å². The highest BCUT2D eigenvalue weighted by atomic mass is 16.2. The molecule has 37 valence electrons. The largest absolute Gasteiger partial charge is 0.386 e. The van der Waals surface area contributed by atoms with E-state index in [-0.39, 0.29) is 0 Å². The highest BCUT2D eigenvalue weighted by Crippen LogP contribution is 1.75. The molecule has 1 N–H and O–H groups in total. The summed E-state index contributed by atoms with van der Waals surface area (Å²) in [6.07, 6.45) is 2.36. The number of hydrogen-bond donors (Lipinski definition) is 1. The molecule has 0 saturated carbocycles. The van der Waals surface area contributed by atoms with E-state index in [9.17, 15) is 0 Å². The van der Waals surface area contributed by atoms with Gasteiger partial charge in [0.2, 0.25) is 0 Å². The molecule has 0 unspecified atom stereocenters. The van der Waals surface area contributed by atoms with Crippen molar-refractivity contribution < 1.29 is 5.11 Å². The minimum Gasteiger partial charge on any atom is -0.386 e. The smallest absolute Gasteiger partial charge is 0.102 e. The van der Waals surface area contributed by atoms with Crippen LogP contribution in [0.5, 0.6) is 0 Å². The third-order valence-electron chi connectivity index (χ3n) is 0.290. The van der Waals surface area contributed by atoms with Crippen LogP contribution in [-0.4, -0.2) is 5.11 Å². The van der Waals surface area contributed by atoms with Gasteiger partial charge in [0.1, 0.15) is 6.61 Å². The van der Waals surface area contributed by atoms with Crippen molar-refractivity contribution in [1.82, 2.24) is 0 Å². The molecule has 0 spiro atoms. The lowest BCUT2D eigenvalue weighted by molar-refractivity contribution is 0.420. The normalized spacial score (nSPS) is 8.71. The van der Waals surface area contributed by atoms with Gasteiger partial charge in [-0.15, -0.1) is 0 Å². The van der Waals surface area contributed by atoms with Crippen molar-refractivity contribution in [1.29, 1.82) is 0 Å². The van der Waals surface area contributed by atoms with Gasteiger partial charge in [-0.05, 0) is 11.7 Å². The van der Waals surface area contributed by atoms with Crippen LogP contribution in [0.2, 0.25) is 0 Å². The van der Waals surface area contributed by atoms with Gasteiger partial charge in [0.25, 0.3) is 0 Å². The van der Waals surface area contributed by atoms with Crippen LogP contribution in [-0.2, 0) is 0 Å². The van der Waals surface area contributed by atoms with E-state index >= 15 is 0 Å². The quantitative estimate of drug-likeness (QED) is 0.316. The zero-order chi connectivity index (χ0) is 5.54. The Kier molecular flexibility index (Phi) is 4.30. The van der Waals surface area contributed by atoms with Gasteiger partial charge in [0.05, 0.1) is 0 Å². The van der Waals surface area contributed by atoms with E-state index in [4.69, 9.17) is 10.6 Å². The van der Waals surface area contributed by atoms with E-state index in [1.54, 1.807) is 0 Å². The summed E-state index contributed by atoms with van der Waals surface area (Å²) < 4.78 is 0. The first-order chi connectivity index (χ1) is 3.41. The molecule has 0 aliphatic carbocycles. The van der Waals surface area contributed by atoms with Gasteiger partial charge in [-0.2, -0.15) is 0 Å². The number of rotatable bonds is 2. The number of azide groups is 1. The molecule has 0 aliphatic heterocycles. The Hall–Kier alpha value is -0.990. The number of aliphatic hydroxyl groups excluding tert-OH is 1. The van der Waals surface area contributed by atoms with E-state index in [1.165, 1.54) is 6.08 Å². The summed E-state index contributed by atoms with van der Waals surface area (Å²) in [6.45, 7) is 0.786. The standard InChI is InChI=1S/C3H4N3O/c4-6-5-2-1-3-7/h1-3,7H. The zero-order valence-electron chi connectivity index (χ0n) is 3.52. The average Bonchev–Trinajstić information content (AvgIpc) is 1.69. The maximum atomic E-state index is 7.90. The fourth-order valence-electron chi connectivity index (χ4n) is 0.107. The van der Waals surface area contributed by atoms with Crippen molar-refractivity contribution in [3.05, 3.63) is 29.3 Å². The lowest BCUT2D eigenvalue weighted by atomic mass is 10.7. The molecular weight excluding hydrogens is 94.1 g/mol. The molecule has 0 aromatic carbocycles. The van der Waals surface area contributed by atoms with Gasteiger partial charge >= 0.3 is 0 Å². The second kappa shape index (κ2) is 5.01. The summed E-state index contributed by atoms with van der Waals surface area (Å²) in [5.74, 6) is 0.